The molecular formula is C15H21NO4S. The molecule has 1 atom stereocenters. The number of carbonyl (C=O) groups excluding carboxylic acids is 2. The SMILES string of the molecule is COC(=O)[C@H](CCSC)NCCC(=O)/C=C/c1ccco1. The molecule has 0 radical (unpaired) electrons. The highest BCUT2D eigenvalue weighted by atomic mass is 32.2. The van der Waals surface area contributed by atoms with Crippen LogP contribution in [0.1, 0.15) is 18.6 Å². The van der Waals surface area contributed by atoms with Gasteiger partial charge in [-0.1, -0.05) is 0 Å². The first kappa shape index (κ1) is 17.5. The molecule has 0 saturated heterocycles. The fraction of sp³-hybridized carbons (Fsp3) is 0.467. The quantitative estimate of drug-likeness (QED) is 0.527. The second-order valence-electron chi connectivity index (χ2n) is 4.38. The Labute approximate surface area is 129 Å². The molecule has 0 aliphatic rings. The summed E-state index contributed by atoms with van der Waals surface area (Å²) in [7, 11) is 1.37. The van der Waals surface area contributed by atoms with E-state index in [1.54, 1.807) is 36.2 Å². The minimum Gasteiger partial charge on any atom is -0.468 e. The van der Waals surface area contributed by atoms with Crippen LogP contribution in [0.4, 0.5) is 0 Å². The van der Waals surface area contributed by atoms with Crippen LogP contribution in [0.5, 0.6) is 0 Å². The minimum absolute atomic E-state index is 0.0209. The van der Waals surface area contributed by atoms with Crippen molar-refractivity contribution < 1.29 is 18.7 Å². The Morgan fingerprint density at radius 2 is 2.33 bits per heavy atom. The molecule has 0 aliphatic heterocycles. The predicted octanol–water partition coefficient (Wildman–Crippen LogP) is 2.14. The van der Waals surface area contributed by atoms with Gasteiger partial charge in [-0.15, -0.1) is 0 Å². The molecule has 116 valence electrons. The van der Waals surface area contributed by atoms with Crippen molar-refractivity contribution in [2.75, 3.05) is 25.7 Å². The van der Waals surface area contributed by atoms with Crippen molar-refractivity contribution in [3.63, 3.8) is 0 Å². The highest BCUT2D eigenvalue weighted by Gasteiger charge is 2.17. The van der Waals surface area contributed by atoms with Crippen molar-refractivity contribution in [1.82, 2.24) is 5.32 Å². The average molecular weight is 311 g/mol. The van der Waals surface area contributed by atoms with Gasteiger partial charge in [0.15, 0.2) is 5.78 Å². The third-order valence-electron chi connectivity index (χ3n) is 2.84. The Hall–Kier alpha value is -1.53. The standard InChI is InChI=1S/C15H21NO4S/c1-19-15(18)14(8-11-21-2)16-9-7-12(17)5-6-13-4-3-10-20-13/h3-6,10,14,16H,7-9,11H2,1-2H3/b6-5+/t14-/m0/s1. The third kappa shape index (κ3) is 7.15. The van der Waals surface area contributed by atoms with Gasteiger partial charge in [0.25, 0.3) is 0 Å². The molecule has 1 heterocycles. The van der Waals surface area contributed by atoms with E-state index in [2.05, 4.69) is 5.32 Å². The van der Waals surface area contributed by atoms with Gasteiger partial charge < -0.3 is 14.5 Å². The number of ketones is 1. The fourth-order valence-corrected chi connectivity index (χ4v) is 2.17. The summed E-state index contributed by atoms with van der Waals surface area (Å²) < 4.78 is 9.84. The number of allylic oxidation sites excluding steroid dienone is 1. The van der Waals surface area contributed by atoms with Gasteiger partial charge in [0.1, 0.15) is 11.8 Å². The Balaban J connectivity index is 2.32. The van der Waals surface area contributed by atoms with E-state index in [0.717, 1.165) is 5.75 Å². The Morgan fingerprint density at radius 1 is 1.52 bits per heavy atom. The number of nitrogens with one attached hydrogen (secondary N) is 1. The Morgan fingerprint density at radius 3 is 2.95 bits per heavy atom. The van der Waals surface area contributed by atoms with E-state index >= 15 is 0 Å². The van der Waals surface area contributed by atoms with Crippen molar-refractivity contribution in [3.05, 3.63) is 30.2 Å². The molecular weight excluding hydrogens is 290 g/mol. The van der Waals surface area contributed by atoms with Gasteiger partial charge in [-0.25, -0.2) is 0 Å². The highest BCUT2D eigenvalue weighted by Crippen LogP contribution is 2.04. The van der Waals surface area contributed by atoms with Gasteiger partial charge in [-0.2, -0.15) is 11.8 Å². The molecule has 0 saturated carbocycles. The largest absolute Gasteiger partial charge is 0.468 e. The average Bonchev–Trinajstić information content (AvgIpc) is 3.01. The normalized spacial score (nSPS) is 12.5. The first-order valence-electron chi connectivity index (χ1n) is 6.72. The molecule has 0 spiro atoms. The molecule has 1 aromatic heterocycles. The van der Waals surface area contributed by atoms with Gasteiger partial charge in [0, 0.05) is 13.0 Å². The fourth-order valence-electron chi connectivity index (χ4n) is 1.70. The number of rotatable bonds is 10. The minimum atomic E-state index is -0.357. The summed E-state index contributed by atoms with van der Waals surface area (Å²) in [6.07, 6.45) is 7.66. The zero-order valence-electron chi connectivity index (χ0n) is 12.3. The van der Waals surface area contributed by atoms with Crippen LogP contribution in [0.15, 0.2) is 28.9 Å². The zero-order chi connectivity index (χ0) is 15.5. The van der Waals surface area contributed by atoms with Crippen LogP contribution in [-0.2, 0) is 14.3 Å². The summed E-state index contributed by atoms with van der Waals surface area (Å²) in [5.74, 6) is 1.19. The molecule has 1 aromatic rings. The number of esters is 1. The highest BCUT2D eigenvalue weighted by molar-refractivity contribution is 7.98. The van der Waals surface area contributed by atoms with E-state index in [-0.39, 0.29) is 17.8 Å². The van der Waals surface area contributed by atoms with Crippen LogP contribution < -0.4 is 5.32 Å². The van der Waals surface area contributed by atoms with Gasteiger partial charge in [0.05, 0.1) is 13.4 Å². The molecule has 21 heavy (non-hydrogen) atoms. The van der Waals surface area contributed by atoms with Gasteiger partial charge >= 0.3 is 5.97 Å². The number of hydrogen-bond acceptors (Lipinski definition) is 6. The lowest BCUT2D eigenvalue weighted by molar-refractivity contribution is -0.143. The molecule has 0 fully saturated rings. The number of thioether (sulfide) groups is 1. The van der Waals surface area contributed by atoms with Crippen LogP contribution in [0.2, 0.25) is 0 Å². The molecule has 0 unspecified atom stereocenters. The van der Waals surface area contributed by atoms with E-state index in [1.165, 1.54) is 13.2 Å². The van der Waals surface area contributed by atoms with Crippen molar-refractivity contribution in [2.45, 2.75) is 18.9 Å². The number of methoxy groups -OCH3 is 1. The summed E-state index contributed by atoms with van der Waals surface area (Å²) >= 11 is 1.67. The van der Waals surface area contributed by atoms with Gasteiger partial charge in [-0.05, 0) is 42.7 Å². The van der Waals surface area contributed by atoms with Crippen molar-refractivity contribution in [3.8, 4) is 0 Å². The monoisotopic (exact) mass is 311 g/mol. The molecule has 0 bridgehead atoms. The maximum atomic E-state index is 11.7. The Bertz CT molecular complexity index is 456. The smallest absolute Gasteiger partial charge is 0.322 e. The first-order valence-corrected chi connectivity index (χ1v) is 8.11. The second kappa shape index (κ2) is 10.2. The van der Waals surface area contributed by atoms with Crippen molar-refractivity contribution in [2.24, 2.45) is 0 Å². The lowest BCUT2D eigenvalue weighted by Gasteiger charge is -2.15. The number of furan rings is 1. The molecule has 1 rings (SSSR count). The van der Waals surface area contributed by atoms with E-state index in [4.69, 9.17) is 9.15 Å². The molecule has 5 nitrogen and oxygen atoms in total. The maximum Gasteiger partial charge on any atom is 0.322 e. The van der Waals surface area contributed by atoms with Gasteiger partial charge in [-0.3, -0.25) is 9.59 Å². The lowest BCUT2D eigenvalue weighted by Crippen LogP contribution is -2.39. The molecule has 1 N–H and O–H groups in total. The maximum absolute atomic E-state index is 11.7. The van der Waals surface area contributed by atoms with Crippen LogP contribution >= 0.6 is 11.8 Å². The van der Waals surface area contributed by atoms with Crippen LogP contribution in [0.25, 0.3) is 6.08 Å². The number of ether oxygens (including phenoxy) is 1. The molecule has 0 aromatic carbocycles. The Kier molecular flexibility index (Phi) is 8.54. The van der Waals surface area contributed by atoms with E-state index in [1.807, 2.05) is 6.26 Å². The van der Waals surface area contributed by atoms with Crippen molar-refractivity contribution >= 4 is 29.6 Å². The number of hydrogen-bond donors (Lipinski definition) is 1. The summed E-state index contributed by atoms with van der Waals surface area (Å²) in [5, 5.41) is 3.06. The molecule has 0 amide bonds. The molecule has 6 heteroatoms. The van der Waals surface area contributed by atoms with Crippen LogP contribution in [0.3, 0.4) is 0 Å². The third-order valence-corrected chi connectivity index (χ3v) is 3.48. The molecule has 0 aliphatic carbocycles. The topological polar surface area (TPSA) is 68.5 Å². The first-order chi connectivity index (χ1) is 10.2. The van der Waals surface area contributed by atoms with Crippen LogP contribution in [-0.4, -0.2) is 43.5 Å². The summed E-state index contributed by atoms with van der Waals surface area (Å²) in [4.78, 5) is 23.3. The summed E-state index contributed by atoms with van der Waals surface area (Å²) in [6, 6.07) is 3.18. The number of carbonyl (C=O) groups is 2. The summed E-state index contributed by atoms with van der Waals surface area (Å²) in [6.45, 7) is 0.440. The predicted molar refractivity (Wildman–Crippen MR) is 84.2 cm³/mol. The summed E-state index contributed by atoms with van der Waals surface area (Å²) in [5.41, 5.74) is 0. The van der Waals surface area contributed by atoms with Crippen molar-refractivity contribution in [1.29, 1.82) is 0 Å². The van der Waals surface area contributed by atoms with E-state index in [9.17, 15) is 9.59 Å². The van der Waals surface area contributed by atoms with Crippen LogP contribution in [0, 0.1) is 0 Å². The van der Waals surface area contributed by atoms with E-state index in [0.29, 0.717) is 25.1 Å². The second-order valence-corrected chi connectivity index (χ2v) is 5.36. The van der Waals surface area contributed by atoms with E-state index < -0.39 is 0 Å². The van der Waals surface area contributed by atoms with Gasteiger partial charge in [0.2, 0.25) is 0 Å². The lowest BCUT2D eigenvalue weighted by atomic mass is 10.2. The zero-order valence-corrected chi connectivity index (χ0v) is 13.2.